The van der Waals surface area contributed by atoms with Crippen molar-refractivity contribution in [3.05, 3.63) is 52.9 Å². The minimum atomic E-state index is -0.650. The molecule has 2 aromatic rings. The molecule has 5 nitrogen and oxygen atoms in total. The van der Waals surface area contributed by atoms with Crippen LogP contribution in [0.3, 0.4) is 0 Å². The molecule has 1 heterocycles. The van der Waals surface area contributed by atoms with Crippen molar-refractivity contribution in [2.24, 2.45) is 0 Å². The molecule has 0 atom stereocenters. The van der Waals surface area contributed by atoms with Crippen molar-refractivity contribution >= 4 is 40.9 Å². The van der Waals surface area contributed by atoms with Gasteiger partial charge >= 0.3 is 5.97 Å². The lowest BCUT2D eigenvalue weighted by Crippen LogP contribution is -2.21. The number of ether oxygens (including phenoxy) is 1. The number of amides is 1. The Kier molecular flexibility index (Phi) is 5.95. The highest BCUT2D eigenvalue weighted by atomic mass is 35.5. The number of carbonyl (C=O) groups excluding carboxylic acids is 2. The maximum absolute atomic E-state index is 12.9. The minimum absolute atomic E-state index is 0.0570. The number of thioether (sulfide) groups is 1. The quantitative estimate of drug-likeness (QED) is 0.658. The largest absolute Gasteiger partial charge is 0.452 e. The molecular formula is C15H12ClFN2O3S. The molecule has 23 heavy (non-hydrogen) atoms. The number of hydrogen-bond acceptors (Lipinski definition) is 5. The predicted molar refractivity (Wildman–Crippen MR) is 86.3 cm³/mol. The minimum Gasteiger partial charge on any atom is -0.452 e. The van der Waals surface area contributed by atoms with Crippen molar-refractivity contribution in [1.29, 1.82) is 0 Å². The van der Waals surface area contributed by atoms with Crippen LogP contribution >= 0.6 is 23.4 Å². The van der Waals surface area contributed by atoms with Gasteiger partial charge in [0.2, 0.25) is 0 Å². The van der Waals surface area contributed by atoms with E-state index < -0.39 is 24.3 Å². The molecule has 0 saturated heterocycles. The fourth-order valence-electron chi connectivity index (χ4n) is 1.69. The van der Waals surface area contributed by atoms with Crippen LogP contribution in [0.15, 0.2) is 41.6 Å². The smallest absolute Gasteiger partial charge is 0.341 e. The summed E-state index contributed by atoms with van der Waals surface area (Å²) < 4.78 is 17.9. The summed E-state index contributed by atoms with van der Waals surface area (Å²) in [6.07, 6.45) is 3.34. The van der Waals surface area contributed by atoms with Gasteiger partial charge in [-0.15, -0.1) is 11.8 Å². The van der Waals surface area contributed by atoms with Crippen LogP contribution in [0.4, 0.5) is 10.1 Å². The summed E-state index contributed by atoms with van der Waals surface area (Å²) in [6, 6.07) is 6.73. The Hall–Kier alpha value is -2.12. The predicted octanol–water partition coefficient (Wildman–Crippen LogP) is 3.39. The summed E-state index contributed by atoms with van der Waals surface area (Å²) >= 11 is 7.10. The molecule has 2 rings (SSSR count). The summed E-state index contributed by atoms with van der Waals surface area (Å²) in [5, 5.41) is 3.01. The van der Waals surface area contributed by atoms with Gasteiger partial charge < -0.3 is 10.1 Å². The lowest BCUT2D eigenvalue weighted by atomic mass is 10.3. The van der Waals surface area contributed by atoms with E-state index >= 15 is 0 Å². The molecule has 0 fully saturated rings. The normalized spacial score (nSPS) is 10.2. The van der Waals surface area contributed by atoms with Gasteiger partial charge in [0.15, 0.2) is 6.61 Å². The second-order valence-electron chi connectivity index (χ2n) is 4.31. The number of carbonyl (C=O) groups is 2. The molecule has 0 spiro atoms. The van der Waals surface area contributed by atoms with E-state index in [1.54, 1.807) is 24.6 Å². The van der Waals surface area contributed by atoms with Crippen molar-refractivity contribution in [3.8, 4) is 0 Å². The molecule has 0 bridgehead atoms. The number of anilines is 1. The van der Waals surface area contributed by atoms with Crippen LogP contribution in [0.1, 0.15) is 10.4 Å². The molecule has 1 aromatic heterocycles. The van der Waals surface area contributed by atoms with Gasteiger partial charge in [0, 0.05) is 6.20 Å². The second kappa shape index (κ2) is 7.94. The average Bonchev–Trinajstić information content (AvgIpc) is 2.55. The number of benzene rings is 1. The lowest BCUT2D eigenvalue weighted by Gasteiger charge is -2.09. The Labute approximate surface area is 141 Å². The van der Waals surface area contributed by atoms with Crippen LogP contribution in [-0.2, 0) is 9.53 Å². The third kappa shape index (κ3) is 4.67. The van der Waals surface area contributed by atoms with E-state index in [1.165, 1.54) is 17.8 Å². The summed E-state index contributed by atoms with van der Waals surface area (Å²) in [5.41, 5.74) is 0.521. The van der Waals surface area contributed by atoms with Gasteiger partial charge in [0.05, 0.1) is 16.3 Å². The van der Waals surface area contributed by atoms with E-state index in [-0.39, 0.29) is 16.3 Å². The number of aromatic nitrogens is 1. The van der Waals surface area contributed by atoms with Crippen LogP contribution < -0.4 is 5.32 Å². The third-order valence-corrected chi connectivity index (χ3v) is 3.75. The zero-order valence-corrected chi connectivity index (χ0v) is 13.6. The number of hydrogen-bond donors (Lipinski definition) is 1. The first-order chi connectivity index (χ1) is 11.0. The lowest BCUT2D eigenvalue weighted by molar-refractivity contribution is -0.119. The van der Waals surface area contributed by atoms with Crippen molar-refractivity contribution < 1.29 is 18.7 Å². The fraction of sp³-hybridized carbons (Fsp3) is 0.133. The highest BCUT2D eigenvalue weighted by Gasteiger charge is 2.15. The zero-order chi connectivity index (χ0) is 16.8. The van der Waals surface area contributed by atoms with Gasteiger partial charge in [-0.2, -0.15) is 0 Å². The molecule has 0 saturated carbocycles. The van der Waals surface area contributed by atoms with Crippen molar-refractivity contribution in [1.82, 2.24) is 4.98 Å². The van der Waals surface area contributed by atoms with Crippen LogP contribution in [-0.4, -0.2) is 29.7 Å². The van der Waals surface area contributed by atoms with Gasteiger partial charge in [-0.3, -0.25) is 4.79 Å². The number of esters is 1. The van der Waals surface area contributed by atoms with Gasteiger partial charge in [0.25, 0.3) is 5.91 Å². The summed E-state index contributed by atoms with van der Waals surface area (Å²) in [7, 11) is 0. The van der Waals surface area contributed by atoms with Gasteiger partial charge in [0.1, 0.15) is 10.8 Å². The molecule has 120 valence electrons. The van der Waals surface area contributed by atoms with Gasteiger partial charge in [-0.1, -0.05) is 11.6 Å². The van der Waals surface area contributed by atoms with Crippen molar-refractivity contribution in [2.75, 3.05) is 18.2 Å². The topological polar surface area (TPSA) is 68.3 Å². The summed E-state index contributed by atoms with van der Waals surface area (Å²) in [6.45, 7) is -0.491. The van der Waals surface area contributed by atoms with E-state index in [0.717, 1.165) is 12.1 Å². The van der Waals surface area contributed by atoms with Crippen LogP contribution in [0, 0.1) is 5.82 Å². The van der Waals surface area contributed by atoms with Gasteiger partial charge in [-0.05, 0) is 36.6 Å². The van der Waals surface area contributed by atoms with Crippen LogP contribution in [0.2, 0.25) is 5.02 Å². The molecule has 0 radical (unpaired) electrons. The van der Waals surface area contributed by atoms with E-state index in [2.05, 4.69) is 10.3 Å². The van der Waals surface area contributed by atoms with E-state index in [1.807, 2.05) is 0 Å². The Bertz CT molecular complexity index is 742. The molecule has 0 aliphatic heterocycles. The second-order valence-corrected chi connectivity index (χ2v) is 5.51. The molecule has 0 aliphatic carbocycles. The van der Waals surface area contributed by atoms with E-state index in [0.29, 0.717) is 5.03 Å². The standard InChI is InChI=1S/C15H12ClFN2O3S/c1-23-14-10(3-2-6-18-14)15(21)22-8-13(20)19-12-5-4-9(17)7-11(12)16/h2-7H,8H2,1H3,(H,19,20). The Morgan fingerprint density at radius 3 is 2.87 bits per heavy atom. The highest BCUT2D eigenvalue weighted by molar-refractivity contribution is 7.98. The molecule has 1 N–H and O–H groups in total. The molecular weight excluding hydrogens is 343 g/mol. The third-order valence-electron chi connectivity index (χ3n) is 2.72. The first-order valence-electron chi connectivity index (χ1n) is 6.42. The van der Waals surface area contributed by atoms with Crippen LogP contribution in [0.5, 0.6) is 0 Å². The molecule has 1 aromatic carbocycles. The van der Waals surface area contributed by atoms with E-state index in [9.17, 15) is 14.0 Å². The Morgan fingerprint density at radius 1 is 1.39 bits per heavy atom. The maximum atomic E-state index is 12.9. The first kappa shape index (κ1) is 17.2. The average molecular weight is 355 g/mol. The van der Waals surface area contributed by atoms with Gasteiger partial charge in [-0.25, -0.2) is 14.2 Å². The van der Waals surface area contributed by atoms with E-state index in [4.69, 9.17) is 16.3 Å². The zero-order valence-electron chi connectivity index (χ0n) is 12.0. The fourth-order valence-corrected chi connectivity index (χ4v) is 2.45. The maximum Gasteiger partial charge on any atom is 0.341 e. The van der Waals surface area contributed by atoms with Crippen molar-refractivity contribution in [3.63, 3.8) is 0 Å². The SMILES string of the molecule is CSc1ncccc1C(=O)OCC(=O)Nc1ccc(F)cc1Cl. The number of nitrogens with zero attached hydrogens (tertiary/aromatic N) is 1. The first-order valence-corrected chi connectivity index (χ1v) is 8.02. The van der Waals surface area contributed by atoms with Crippen LogP contribution in [0.25, 0.3) is 0 Å². The Balaban J connectivity index is 1.95. The molecule has 0 unspecified atom stereocenters. The number of nitrogens with one attached hydrogen (secondary N) is 1. The number of rotatable bonds is 5. The summed E-state index contributed by atoms with van der Waals surface area (Å²) in [5.74, 6) is -1.75. The number of pyridine rings is 1. The molecule has 8 heteroatoms. The Morgan fingerprint density at radius 2 is 2.17 bits per heavy atom. The molecule has 1 amide bonds. The summed E-state index contributed by atoms with van der Waals surface area (Å²) in [4.78, 5) is 27.8. The monoisotopic (exact) mass is 354 g/mol. The number of halogens is 2. The highest BCUT2D eigenvalue weighted by Crippen LogP contribution is 2.22. The molecule has 0 aliphatic rings. The van der Waals surface area contributed by atoms with Crippen molar-refractivity contribution in [2.45, 2.75) is 5.03 Å².